The number of hydrogen-bond acceptors (Lipinski definition) is 2. The van der Waals surface area contributed by atoms with Crippen LogP contribution in [0.4, 0.5) is 0 Å². The second-order valence-electron chi connectivity index (χ2n) is 4.34. The minimum atomic E-state index is -0.420. The zero-order valence-corrected chi connectivity index (χ0v) is 12.8. The highest BCUT2D eigenvalue weighted by atomic mass is 79.9. The lowest BCUT2D eigenvalue weighted by molar-refractivity contribution is -0.127. The SMILES string of the molecule is CCC1C(=O)NCCN1C(=O)c1cc(Br)ccc1Cl. The van der Waals surface area contributed by atoms with E-state index in [1.165, 1.54) is 0 Å². The number of hydrogen-bond donors (Lipinski definition) is 1. The van der Waals surface area contributed by atoms with Gasteiger partial charge in [0.1, 0.15) is 6.04 Å². The fourth-order valence-electron chi connectivity index (χ4n) is 2.18. The van der Waals surface area contributed by atoms with Crippen LogP contribution in [-0.2, 0) is 4.79 Å². The summed E-state index contributed by atoms with van der Waals surface area (Å²) >= 11 is 9.39. The molecular formula is C13H14BrClN2O2. The second-order valence-corrected chi connectivity index (χ2v) is 5.66. The summed E-state index contributed by atoms with van der Waals surface area (Å²) in [7, 11) is 0. The van der Waals surface area contributed by atoms with Crippen molar-refractivity contribution in [2.45, 2.75) is 19.4 Å². The summed E-state index contributed by atoms with van der Waals surface area (Å²) < 4.78 is 0.787. The molecule has 1 saturated heterocycles. The summed E-state index contributed by atoms with van der Waals surface area (Å²) in [6.07, 6.45) is 0.587. The molecule has 19 heavy (non-hydrogen) atoms. The zero-order chi connectivity index (χ0) is 14.0. The third kappa shape index (κ3) is 2.92. The molecule has 0 bridgehead atoms. The van der Waals surface area contributed by atoms with E-state index in [2.05, 4.69) is 21.2 Å². The lowest BCUT2D eigenvalue weighted by Gasteiger charge is -2.34. The first kappa shape index (κ1) is 14.3. The third-order valence-electron chi connectivity index (χ3n) is 3.14. The van der Waals surface area contributed by atoms with E-state index in [4.69, 9.17) is 11.6 Å². The third-order valence-corrected chi connectivity index (χ3v) is 3.96. The highest BCUT2D eigenvalue weighted by Gasteiger charge is 2.32. The van der Waals surface area contributed by atoms with Gasteiger partial charge in [-0.1, -0.05) is 34.5 Å². The molecule has 2 rings (SSSR count). The Labute approximate surface area is 125 Å². The van der Waals surface area contributed by atoms with Gasteiger partial charge < -0.3 is 10.2 Å². The van der Waals surface area contributed by atoms with Gasteiger partial charge in [0.25, 0.3) is 5.91 Å². The first-order chi connectivity index (χ1) is 9.04. The van der Waals surface area contributed by atoms with Crippen molar-refractivity contribution in [2.24, 2.45) is 0 Å². The fourth-order valence-corrected chi connectivity index (χ4v) is 2.74. The van der Waals surface area contributed by atoms with Crippen LogP contribution in [0.1, 0.15) is 23.7 Å². The molecule has 0 saturated carbocycles. The lowest BCUT2D eigenvalue weighted by Crippen LogP contribution is -2.56. The van der Waals surface area contributed by atoms with Crippen molar-refractivity contribution >= 4 is 39.3 Å². The van der Waals surface area contributed by atoms with Crippen molar-refractivity contribution in [1.29, 1.82) is 0 Å². The van der Waals surface area contributed by atoms with Gasteiger partial charge >= 0.3 is 0 Å². The van der Waals surface area contributed by atoms with Crippen LogP contribution in [0.25, 0.3) is 0 Å². The maximum absolute atomic E-state index is 12.5. The van der Waals surface area contributed by atoms with E-state index < -0.39 is 6.04 Å². The molecule has 4 nitrogen and oxygen atoms in total. The monoisotopic (exact) mass is 344 g/mol. The Balaban J connectivity index is 2.32. The van der Waals surface area contributed by atoms with Crippen LogP contribution in [0.15, 0.2) is 22.7 Å². The molecule has 6 heteroatoms. The molecule has 1 aliphatic rings. The van der Waals surface area contributed by atoms with Gasteiger partial charge in [0, 0.05) is 17.6 Å². The van der Waals surface area contributed by atoms with E-state index in [1.807, 2.05) is 6.92 Å². The van der Waals surface area contributed by atoms with Crippen molar-refractivity contribution in [3.05, 3.63) is 33.3 Å². The largest absolute Gasteiger partial charge is 0.353 e. The summed E-state index contributed by atoms with van der Waals surface area (Å²) in [6, 6.07) is 4.71. The van der Waals surface area contributed by atoms with Crippen molar-refractivity contribution in [3.8, 4) is 0 Å². The van der Waals surface area contributed by atoms with Gasteiger partial charge in [-0.3, -0.25) is 9.59 Å². The van der Waals surface area contributed by atoms with Crippen LogP contribution in [0.5, 0.6) is 0 Å². The summed E-state index contributed by atoms with van der Waals surface area (Å²) in [5.74, 6) is -0.304. The topological polar surface area (TPSA) is 49.4 Å². The standard InChI is InChI=1S/C13H14BrClN2O2/c1-2-11-12(18)16-5-6-17(11)13(19)9-7-8(14)3-4-10(9)15/h3-4,7,11H,2,5-6H2,1H3,(H,16,18). The molecule has 102 valence electrons. The van der Waals surface area contributed by atoms with Gasteiger partial charge in [0.15, 0.2) is 0 Å². The van der Waals surface area contributed by atoms with E-state index in [0.29, 0.717) is 30.1 Å². The average molecular weight is 346 g/mol. The van der Waals surface area contributed by atoms with E-state index in [-0.39, 0.29) is 11.8 Å². The molecule has 1 aromatic carbocycles. The molecule has 0 aromatic heterocycles. The molecule has 0 radical (unpaired) electrons. The van der Waals surface area contributed by atoms with Gasteiger partial charge in [-0.2, -0.15) is 0 Å². The van der Waals surface area contributed by atoms with E-state index >= 15 is 0 Å². The van der Waals surface area contributed by atoms with Crippen molar-refractivity contribution in [1.82, 2.24) is 10.2 Å². The predicted molar refractivity (Wildman–Crippen MR) is 77.3 cm³/mol. The van der Waals surface area contributed by atoms with Crippen molar-refractivity contribution in [3.63, 3.8) is 0 Å². The number of nitrogens with zero attached hydrogens (tertiary/aromatic N) is 1. The van der Waals surface area contributed by atoms with E-state index in [9.17, 15) is 9.59 Å². The van der Waals surface area contributed by atoms with E-state index in [1.54, 1.807) is 23.1 Å². The number of halogens is 2. The fraction of sp³-hybridized carbons (Fsp3) is 0.385. The number of carbonyl (C=O) groups excluding carboxylic acids is 2. The smallest absolute Gasteiger partial charge is 0.256 e. The van der Waals surface area contributed by atoms with Crippen LogP contribution >= 0.6 is 27.5 Å². The molecular weight excluding hydrogens is 332 g/mol. The van der Waals surface area contributed by atoms with Gasteiger partial charge in [0.05, 0.1) is 10.6 Å². The Kier molecular flexibility index (Phi) is 4.47. The lowest BCUT2D eigenvalue weighted by atomic mass is 10.1. The molecule has 0 spiro atoms. The first-order valence-electron chi connectivity index (χ1n) is 6.08. The number of rotatable bonds is 2. The molecule has 1 atom stereocenters. The second kappa shape index (κ2) is 5.92. The molecule has 1 N–H and O–H groups in total. The Morgan fingerprint density at radius 3 is 3.00 bits per heavy atom. The summed E-state index contributed by atoms with van der Waals surface area (Å²) in [5.41, 5.74) is 0.421. The average Bonchev–Trinajstić information content (AvgIpc) is 2.40. The molecule has 1 aromatic rings. The maximum Gasteiger partial charge on any atom is 0.256 e. The Hall–Kier alpha value is -1.07. The van der Waals surface area contributed by atoms with Gasteiger partial charge in [-0.25, -0.2) is 0 Å². The molecule has 1 heterocycles. The normalized spacial score (nSPS) is 19.2. The van der Waals surface area contributed by atoms with E-state index in [0.717, 1.165) is 4.47 Å². The minimum absolute atomic E-state index is 0.104. The molecule has 1 aliphatic heterocycles. The van der Waals surface area contributed by atoms with Crippen LogP contribution in [0.3, 0.4) is 0 Å². The molecule has 2 amide bonds. The minimum Gasteiger partial charge on any atom is -0.353 e. The summed E-state index contributed by atoms with van der Waals surface area (Å²) in [6.45, 7) is 2.87. The first-order valence-corrected chi connectivity index (χ1v) is 7.25. The molecule has 1 unspecified atom stereocenters. The number of piperazine rings is 1. The van der Waals surface area contributed by atoms with Crippen LogP contribution in [0.2, 0.25) is 5.02 Å². The van der Waals surface area contributed by atoms with Gasteiger partial charge in [0.2, 0.25) is 5.91 Å². The Bertz CT molecular complexity index is 521. The highest BCUT2D eigenvalue weighted by molar-refractivity contribution is 9.10. The Morgan fingerprint density at radius 1 is 1.58 bits per heavy atom. The molecule has 0 aliphatic carbocycles. The Morgan fingerprint density at radius 2 is 2.32 bits per heavy atom. The van der Waals surface area contributed by atoms with Crippen LogP contribution < -0.4 is 5.32 Å². The number of benzene rings is 1. The highest BCUT2D eigenvalue weighted by Crippen LogP contribution is 2.24. The summed E-state index contributed by atoms with van der Waals surface area (Å²) in [5, 5.41) is 3.17. The zero-order valence-electron chi connectivity index (χ0n) is 10.5. The summed E-state index contributed by atoms with van der Waals surface area (Å²) in [4.78, 5) is 25.9. The number of carbonyl (C=O) groups is 2. The number of amides is 2. The number of nitrogens with one attached hydrogen (secondary N) is 1. The predicted octanol–water partition coefficient (Wildman–Crippen LogP) is 2.45. The van der Waals surface area contributed by atoms with Gasteiger partial charge in [-0.05, 0) is 24.6 Å². The van der Waals surface area contributed by atoms with Crippen molar-refractivity contribution in [2.75, 3.05) is 13.1 Å². The maximum atomic E-state index is 12.5. The molecule has 1 fully saturated rings. The van der Waals surface area contributed by atoms with Crippen molar-refractivity contribution < 1.29 is 9.59 Å². The van der Waals surface area contributed by atoms with Gasteiger partial charge in [-0.15, -0.1) is 0 Å². The van der Waals surface area contributed by atoms with Crippen LogP contribution in [0, 0.1) is 0 Å². The van der Waals surface area contributed by atoms with Crippen LogP contribution in [-0.4, -0.2) is 35.8 Å². The quantitative estimate of drug-likeness (QED) is 0.895.